The zero-order valence-electron chi connectivity index (χ0n) is 17.8. The lowest BCUT2D eigenvalue weighted by Crippen LogP contribution is -2.66. The van der Waals surface area contributed by atoms with Crippen LogP contribution in [0.5, 0.6) is 5.75 Å². The molecule has 0 radical (unpaired) electrons. The molecule has 3 aliphatic heterocycles. The molecular weight excluding hydrogens is 464 g/mol. The van der Waals surface area contributed by atoms with Crippen molar-refractivity contribution >= 4 is 17.7 Å². The van der Waals surface area contributed by atoms with E-state index in [-0.39, 0.29) is 18.8 Å². The van der Waals surface area contributed by atoms with E-state index in [1.165, 1.54) is 39.7 Å². The van der Waals surface area contributed by atoms with Gasteiger partial charge in [-0.1, -0.05) is 18.2 Å². The number of fused-ring (bicyclic) bond motifs is 4. The van der Waals surface area contributed by atoms with E-state index in [0.717, 1.165) is 16.5 Å². The fourth-order valence-corrected chi connectivity index (χ4v) is 6.12. The summed E-state index contributed by atoms with van der Waals surface area (Å²) >= 11 is 1.45. The quantitative estimate of drug-likeness (QED) is 0.574. The van der Waals surface area contributed by atoms with Crippen molar-refractivity contribution in [2.75, 3.05) is 24.8 Å². The van der Waals surface area contributed by atoms with Gasteiger partial charge < -0.3 is 14.7 Å². The van der Waals surface area contributed by atoms with Crippen LogP contribution in [0.3, 0.4) is 0 Å². The van der Waals surface area contributed by atoms with Crippen LogP contribution in [0.15, 0.2) is 58.4 Å². The summed E-state index contributed by atoms with van der Waals surface area (Å²) in [6.07, 6.45) is 0.785. The standard InChI is InChI=1S/C24H19F2N3O4S/c25-13-9-15-16(17(26)10-13)12-34-19-4-2-1-3-14(19)21(15)29-20-11-33-8-7-27(20)24(32)22-23(31)18(30)5-6-28(22)29/h1-6,9-10,20-21,31H,7-8,11-12H2/t20-,21-/m1/s1. The number of carbonyl (C=O) groups excluding carboxylic acids is 1. The van der Waals surface area contributed by atoms with Crippen LogP contribution in [0.2, 0.25) is 0 Å². The van der Waals surface area contributed by atoms with Crippen LogP contribution in [-0.2, 0) is 10.5 Å². The average molecular weight is 483 g/mol. The number of aromatic nitrogens is 1. The number of pyridine rings is 1. The minimum Gasteiger partial charge on any atom is -0.502 e. The maximum atomic E-state index is 15.0. The molecular formula is C24H19F2N3O4S. The number of hydrogen-bond acceptors (Lipinski definition) is 6. The topological polar surface area (TPSA) is 75.0 Å². The molecule has 1 N–H and O–H groups in total. The van der Waals surface area contributed by atoms with Gasteiger partial charge in [0.25, 0.3) is 5.91 Å². The van der Waals surface area contributed by atoms with Gasteiger partial charge in [0.05, 0.1) is 19.3 Å². The summed E-state index contributed by atoms with van der Waals surface area (Å²) in [5.41, 5.74) is 0.706. The number of aromatic hydroxyl groups is 1. The van der Waals surface area contributed by atoms with Gasteiger partial charge in [0.1, 0.15) is 17.8 Å². The average Bonchev–Trinajstić information content (AvgIpc) is 2.99. The van der Waals surface area contributed by atoms with E-state index in [0.29, 0.717) is 23.5 Å². The van der Waals surface area contributed by atoms with Gasteiger partial charge in [0.2, 0.25) is 5.43 Å². The van der Waals surface area contributed by atoms with Crippen molar-refractivity contribution in [1.82, 2.24) is 9.58 Å². The molecule has 10 heteroatoms. The molecule has 6 rings (SSSR count). The summed E-state index contributed by atoms with van der Waals surface area (Å²) in [5, 5.41) is 12.4. The van der Waals surface area contributed by atoms with Crippen molar-refractivity contribution in [1.29, 1.82) is 0 Å². The van der Waals surface area contributed by atoms with Gasteiger partial charge in [-0.15, -0.1) is 11.8 Å². The van der Waals surface area contributed by atoms with Gasteiger partial charge in [-0.3, -0.25) is 19.3 Å². The third-order valence-corrected chi connectivity index (χ3v) is 7.63. The predicted molar refractivity (Wildman–Crippen MR) is 120 cm³/mol. The minimum atomic E-state index is -0.727. The largest absolute Gasteiger partial charge is 0.502 e. The second-order valence-corrected chi connectivity index (χ2v) is 9.36. The van der Waals surface area contributed by atoms with Crippen molar-refractivity contribution < 1.29 is 23.4 Å². The highest BCUT2D eigenvalue weighted by Gasteiger charge is 2.46. The molecule has 1 aromatic heterocycles. The lowest BCUT2D eigenvalue weighted by atomic mass is 9.93. The maximum Gasteiger partial charge on any atom is 0.278 e. The van der Waals surface area contributed by atoms with Crippen molar-refractivity contribution in [3.8, 4) is 5.75 Å². The van der Waals surface area contributed by atoms with Gasteiger partial charge in [0.15, 0.2) is 11.4 Å². The summed E-state index contributed by atoms with van der Waals surface area (Å²) < 4.78 is 36.7. The number of thioether (sulfide) groups is 1. The summed E-state index contributed by atoms with van der Waals surface area (Å²) in [5.74, 6) is -2.22. The molecule has 0 spiro atoms. The Bertz CT molecular complexity index is 1400. The maximum absolute atomic E-state index is 15.0. The molecule has 0 aliphatic carbocycles. The van der Waals surface area contributed by atoms with Crippen molar-refractivity contribution in [2.24, 2.45) is 0 Å². The Labute approximate surface area is 197 Å². The summed E-state index contributed by atoms with van der Waals surface area (Å²) in [4.78, 5) is 28.0. The molecule has 34 heavy (non-hydrogen) atoms. The second-order valence-electron chi connectivity index (χ2n) is 8.34. The van der Waals surface area contributed by atoms with Gasteiger partial charge in [-0.2, -0.15) is 0 Å². The molecule has 174 valence electrons. The molecule has 0 unspecified atom stereocenters. The number of ether oxygens (including phenoxy) is 1. The number of amides is 1. The minimum absolute atomic E-state index is 0.150. The van der Waals surface area contributed by atoms with E-state index >= 15 is 4.39 Å². The van der Waals surface area contributed by atoms with Crippen LogP contribution in [0.25, 0.3) is 0 Å². The first-order chi connectivity index (χ1) is 16.5. The van der Waals surface area contributed by atoms with E-state index < -0.39 is 40.9 Å². The molecule has 4 heterocycles. The number of hydrogen-bond donors (Lipinski definition) is 1. The fraction of sp³-hybridized carbons (Fsp3) is 0.250. The van der Waals surface area contributed by atoms with Crippen LogP contribution < -0.4 is 10.4 Å². The van der Waals surface area contributed by atoms with E-state index in [9.17, 15) is 19.1 Å². The highest BCUT2D eigenvalue weighted by Crippen LogP contribution is 2.45. The molecule has 0 bridgehead atoms. The normalized spacial score (nSPS) is 21.3. The predicted octanol–water partition coefficient (Wildman–Crippen LogP) is 2.98. The molecule has 1 amide bonds. The SMILES string of the molecule is O=C1c2c(O)c(=O)ccn2N([C@@H]2c3ccccc3SCc3c(F)cc(F)cc32)[C@@H]2COCCN12. The van der Waals surface area contributed by atoms with E-state index in [4.69, 9.17) is 4.74 Å². The van der Waals surface area contributed by atoms with Crippen LogP contribution in [0, 0.1) is 11.6 Å². The molecule has 3 aliphatic rings. The Morgan fingerprint density at radius 2 is 1.91 bits per heavy atom. The zero-order valence-corrected chi connectivity index (χ0v) is 18.6. The van der Waals surface area contributed by atoms with Gasteiger partial charge in [-0.05, 0) is 23.3 Å². The Morgan fingerprint density at radius 3 is 2.76 bits per heavy atom. The first-order valence-corrected chi connectivity index (χ1v) is 11.8. The number of morpholine rings is 1. The van der Waals surface area contributed by atoms with Gasteiger partial charge in [-0.25, -0.2) is 8.78 Å². The van der Waals surface area contributed by atoms with Crippen LogP contribution in [0.4, 0.5) is 8.78 Å². The first kappa shape index (κ1) is 21.2. The van der Waals surface area contributed by atoms with E-state index in [2.05, 4.69) is 0 Å². The molecule has 2 aromatic carbocycles. The highest BCUT2D eigenvalue weighted by molar-refractivity contribution is 7.98. The fourth-order valence-electron chi connectivity index (χ4n) is 4.99. The highest BCUT2D eigenvalue weighted by atomic mass is 32.2. The van der Waals surface area contributed by atoms with Gasteiger partial charge >= 0.3 is 0 Å². The van der Waals surface area contributed by atoms with E-state index in [1.807, 2.05) is 24.3 Å². The Hall–Kier alpha value is -3.37. The van der Waals surface area contributed by atoms with Crippen molar-refractivity contribution in [2.45, 2.75) is 22.9 Å². The second kappa shape index (κ2) is 7.85. The number of halogens is 2. The molecule has 3 aromatic rings. The molecule has 1 saturated heterocycles. The lowest BCUT2D eigenvalue weighted by Gasteiger charge is -2.51. The number of nitrogens with zero attached hydrogens (tertiary/aromatic N) is 3. The first-order valence-electron chi connectivity index (χ1n) is 10.8. The third-order valence-electron chi connectivity index (χ3n) is 6.51. The summed E-state index contributed by atoms with van der Waals surface area (Å²) in [7, 11) is 0. The van der Waals surface area contributed by atoms with E-state index in [1.54, 1.807) is 5.01 Å². The number of carbonyl (C=O) groups is 1. The molecule has 0 saturated carbocycles. The van der Waals surface area contributed by atoms with Crippen LogP contribution >= 0.6 is 11.8 Å². The monoisotopic (exact) mass is 483 g/mol. The van der Waals surface area contributed by atoms with Crippen molar-refractivity contribution in [3.63, 3.8) is 0 Å². The van der Waals surface area contributed by atoms with Crippen LogP contribution in [0.1, 0.15) is 33.2 Å². The Morgan fingerprint density at radius 1 is 1.09 bits per heavy atom. The van der Waals surface area contributed by atoms with Gasteiger partial charge in [0, 0.05) is 41.1 Å². The smallest absolute Gasteiger partial charge is 0.278 e. The van der Waals surface area contributed by atoms with Crippen LogP contribution in [-0.4, -0.2) is 46.5 Å². The number of rotatable bonds is 1. The Kier molecular flexibility index (Phi) is 4.89. The molecule has 7 nitrogen and oxygen atoms in total. The third kappa shape index (κ3) is 3.05. The molecule has 2 atom stereocenters. The Balaban J connectivity index is 1.68. The summed E-state index contributed by atoms with van der Waals surface area (Å²) in [6, 6.07) is 10.2. The zero-order chi connectivity index (χ0) is 23.6. The summed E-state index contributed by atoms with van der Waals surface area (Å²) in [6.45, 7) is 0.692. The lowest BCUT2D eigenvalue weighted by molar-refractivity contribution is -0.0197. The molecule has 1 fully saturated rings. The van der Waals surface area contributed by atoms with Crippen molar-refractivity contribution in [3.05, 3.63) is 92.9 Å². The number of benzene rings is 2.